The molecule has 0 aliphatic rings. The highest BCUT2D eigenvalue weighted by atomic mass is 32.2. The molecule has 0 fully saturated rings. The highest BCUT2D eigenvalue weighted by Gasteiger charge is 2.14. The summed E-state index contributed by atoms with van der Waals surface area (Å²) in [5.74, 6) is 0.743. The van der Waals surface area contributed by atoms with Crippen molar-refractivity contribution >= 4 is 23.4 Å². The van der Waals surface area contributed by atoms with Crippen molar-refractivity contribution in [3.05, 3.63) is 29.8 Å². The molecule has 19 heavy (non-hydrogen) atoms. The van der Waals surface area contributed by atoms with Crippen molar-refractivity contribution in [3.63, 3.8) is 0 Å². The minimum absolute atomic E-state index is 0.141. The highest BCUT2D eigenvalue weighted by Crippen LogP contribution is 2.16. The lowest BCUT2D eigenvalue weighted by Gasteiger charge is -2.14. The summed E-state index contributed by atoms with van der Waals surface area (Å²) in [6.45, 7) is 3.09. The molecule has 3 N–H and O–H groups in total. The van der Waals surface area contributed by atoms with Crippen molar-refractivity contribution in [2.45, 2.75) is 26.0 Å². The molecule has 5 heteroatoms. The fourth-order valence-electron chi connectivity index (χ4n) is 1.58. The summed E-state index contributed by atoms with van der Waals surface area (Å²) < 4.78 is 5.38. The molecule has 0 aliphatic carbocycles. The number of anilines is 1. The Morgan fingerprint density at radius 3 is 2.89 bits per heavy atom. The van der Waals surface area contributed by atoms with Crippen LogP contribution < -0.4 is 11.1 Å². The zero-order chi connectivity index (χ0) is 14.1. The average Bonchev–Trinajstić information content (AvgIpc) is 2.43. The molecule has 0 radical (unpaired) electrons. The average molecular weight is 282 g/mol. The monoisotopic (exact) mass is 282 g/mol. The molecule has 1 rings (SSSR count). The van der Waals surface area contributed by atoms with Gasteiger partial charge in [-0.2, -0.15) is 11.8 Å². The van der Waals surface area contributed by atoms with Crippen molar-refractivity contribution < 1.29 is 9.53 Å². The van der Waals surface area contributed by atoms with E-state index >= 15 is 0 Å². The van der Waals surface area contributed by atoms with E-state index in [1.165, 1.54) is 0 Å². The highest BCUT2D eigenvalue weighted by molar-refractivity contribution is 7.98. The number of para-hydroxylation sites is 1. The zero-order valence-corrected chi connectivity index (χ0v) is 12.3. The van der Waals surface area contributed by atoms with Crippen LogP contribution in [0.4, 0.5) is 5.69 Å². The summed E-state index contributed by atoms with van der Waals surface area (Å²) in [7, 11) is 0. The molecule has 1 aromatic rings. The van der Waals surface area contributed by atoms with E-state index in [1.54, 1.807) is 11.8 Å². The lowest BCUT2D eigenvalue weighted by atomic mass is 10.1. The van der Waals surface area contributed by atoms with Crippen LogP contribution in [0.25, 0.3) is 0 Å². The van der Waals surface area contributed by atoms with Gasteiger partial charge in [0.25, 0.3) is 0 Å². The molecular weight excluding hydrogens is 260 g/mol. The van der Waals surface area contributed by atoms with Crippen LogP contribution in [0.15, 0.2) is 24.3 Å². The molecule has 1 amide bonds. The Morgan fingerprint density at radius 2 is 2.21 bits per heavy atom. The Balaban J connectivity index is 2.62. The van der Waals surface area contributed by atoms with E-state index < -0.39 is 6.04 Å². The van der Waals surface area contributed by atoms with E-state index in [0.717, 1.165) is 17.0 Å². The number of benzene rings is 1. The van der Waals surface area contributed by atoms with Crippen molar-refractivity contribution in [1.82, 2.24) is 0 Å². The van der Waals surface area contributed by atoms with E-state index in [9.17, 15) is 4.79 Å². The van der Waals surface area contributed by atoms with E-state index in [-0.39, 0.29) is 5.91 Å². The van der Waals surface area contributed by atoms with Gasteiger partial charge in [0.15, 0.2) is 0 Å². The predicted octanol–water partition coefficient (Wildman–Crippen LogP) is 2.24. The number of nitrogens with one attached hydrogen (secondary N) is 1. The summed E-state index contributed by atoms with van der Waals surface area (Å²) in [5.41, 5.74) is 7.59. The van der Waals surface area contributed by atoms with E-state index in [0.29, 0.717) is 19.6 Å². The molecule has 1 aromatic carbocycles. The van der Waals surface area contributed by atoms with Gasteiger partial charge in [0.05, 0.1) is 12.6 Å². The number of amides is 1. The third-order valence-corrected chi connectivity index (χ3v) is 3.35. The minimum Gasteiger partial charge on any atom is -0.377 e. The normalized spacial score (nSPS) is 12.2. The van der Waals surface area contributed by atoms with Crippen LogP contribution in [0.2, 0.25) is 0 Å². The Labute approximate surface area is 119 Å². The Hall–Kier alpha value is -1.04. The first kappa shape index (κ1) is 16.0. The third-order valence-electron chi connectivity index (χ3n) is 2.71. The van der Waals surface area contributed by atoms with Gasteiger partial charge in [-0.1, -0.05) is 18.2 Å². The molecule has 0 bridgehead atoms. The van der Waals surface area contributed by atoms with E-state index in [4.69, 9.17) is 10.5 Å². The van der Waals surface area contributed by atoms with E-state index in [1.807, 2.05) is 37.4 Å². The number of carbonyl (C=O) groups is 1. The fourth-order valence-corrected chi connectivity index (χ4v) is 2.07. The van der Waals surface area contributed by atoms with Crippen molar-refractivity contribution in [1.29, 1.82) is 0 Å². The number of carbonyl (C=O) groups excluding carboxylic acids is 1. The van der Waals surface area contributed by atoms with Gasteiger partial charge >= 0.3 is 0 Å². The van der Waals surface area contributed by atoms with Gasteiger partial charge < -0.3 is 15.8 Å². The molecule has 0 spiro atoms. The second-order valence-corrected chi connectivity index (χ2v) is 5.16. The van der Waals surface area contributed by atoms with Crippen LogP contribution in [0.1, 0.15) is 18.9 Å². The zero-order valence-electron chi connectivity index (χ0n) is 11.5. The van der Waals surface area contributed by atoms with Gasteiger partial charge in [-0.15, -0.1) is 0 Å². The lowest BCUT2D eigenvalue weighted by molar-refractivity contribution is -0.117. The summed E-state index contributed by atoms with van der Waals surface area (Å²) in [6.07, 6.45) is 2.68. The number of thioether (sulfide) groups is 1. The van der Waals surface area contributed by atoms with Gasteiger partial charge in [-0.25, -0.2) is 0 Å². The number of hydrogen-bond acceptors (Lipinski definition) is 4. The Kier molecular flexibility index (Phi) is 7.55. The van der Waals surface area contributed by atoms with Crippen LogP contribution in [0.5, 0.6) is 0 Å². The number of nitrogens with two attached hydrogens (primary N) is 1. The van der Waals surface area contributed by atoms with Gasteiger partial charge in [0.2, 0.25) is 5.91 Å². The number of hydrogen-bond donors (Lipinski definition) is 2. The molecule has 1 atom stereocenters. The van der Waals surface area contributed by atoms with Crippen molar-refractivity contribution in [2.75, 3.05) is 23.9 Å². The molecular formula is C14H22N2O2S. The summed E-state index contributed by atoms with van der Waals surface area (Å²) in [6, 6.07) is 7.16. The molecule has 0 saturated heterocycles. The molecule has 0 saturated carbocycles. The second kappa shape index (κ2) is 8.96. The maximum atomic E-state index is 12.0. The number of rotatable bonds is 8. The molecule has 4 nitrogen and oxygen atoms in total. The molecule has 0 aromatic heterocycles. The van der Waals surface area contributed by atoms with Crippen LogP contribution in [0, 0.1) is 0 Å². The Morgan fingerprint density at radius 1 is 1.47 bits per heavy atom. The van der Waals surface area contributed by atoms with Crippen LogP contribution >= 0.6 is 11.8 Å². The topological polar surface area (TPSA) is 64.3 Å². The molecule has 0 aliphatic heterocycles. The maximum Gasteiger partial charge on any atom is 0.241 e. The summed E-state index contributed by atoms with van der Waals surface area (Å²) >= 11 is 1.69. The quantitative estimate of drug-likeness (QED) is 0.767. The SMILES string of the molecule is CCOCc1ccccc1NC(=O)[C@H](N)CCSC. The molecule has 0 unspecified atom stereocenters. The van der Waals surface area contributed by atoms with Crippen LogP contribution in [-0.2, 0) is 16.1 Å². The lowest BCUT2D eigenvalue weighted by Crippen LogP contribution is -2.36. The minimum atomic E-state index is -0.465. The first-order chi connectivity index (χ1) is 9.19. The van der Waals surface area contributed by atoms with E-state index in [2.05, 4.69) is 5.32 Å². The van der Waals surface area contributed by atoms with Crippen LogP contribution in [-0.4, -0.2) is 30.6 Å². The van der Waals surface area contributed by atoms with Gasteiger partial charge in [-0.3, -0.25) is 4.79 Å². The second-order valence-electron chi connectivity index (χ2n) is 4.17. The van der Waals surface area contributed by atoms with Crippen molar-refractivity contribution in [3.8, 4) is 0 Å². The largest absolute Gasteiger partial charge is 0.377 e. The Bertz CT molecular complexity index is 399. The fraction of sp³-hybridized carbons (Fsp3) is 0.500. The predicted molar refractivity (Wildman–Crippen MR) is 81.4 cm³/mol. The first-order valence-corrected chi connectivity index (χ1v) is 7.79. The van der Waals surface area contributed by atoms with Crippen molar-refractivity contribution in [2.24, 2.45) is 5.73 Å². The molecule has 0 heterocycles. The van der Waals surface area contributed by atoms with Gasteiger partial charge in [0, 0.05) is 17.9 Å². The molecule has 106 valence electrons. The number of ether oxygens (including phenoxy) is 1. The smallest absolute Gasteiger partial charge is 0.241 e. The van der Waals surface area contributed by atoms with Crippen LogP contribution in [0.3, 0.4) is 0 Å². The standard InChI is InChI=1S/C14H22N2O2S/c1-3-18-10-11-6-4-5-7-13(11)16-14(17)12(15)8-9-19-2/h4-7,12H,3,8-10,15H2,1-2H3,(H,16,17)/t12-/m1/s1. The summed E-state index contributed by atoms with van der Waals surface area (Å²) in [5, 5.41) is 2.87. The first-order valence-electron chi connectivity index (χ1n) is 6.40. The van der Waals surface area contributed by atoms with Gasteiger partial charge in [0.1, 0.15) is 0 Å². The third kappa shape index (κ3) is 5.63. The maximum absolute atomic E-state index is 12.0. The van der Waals surface area contributed by atoms with Gasteiger partial charge in [-0.05, 0) is 31.4 Å². The summed E-state index contributed by atoms with van der Waals surface area (Å²) in [4.78, 5) is 12.0.